The Morgan fingerprint density at radius 3 is 1.97 bits per heavy atom. The van der Waals surface area contributed by atoms with Crippen LogP contribution in [0.3, 0.4) is 0 Å². The summed E-state index contributed by atoms with van der Waals surface area (Å²) in [5.74, 6) is -2.09. The van der Waals surface area contributed by atoms with Gasteiger partial charge in [0.2, 0.25) is 5.91 Å². The molecule has 10 heteroatoms. The van der Waals surface area contributed by atoms with Crippen LogP contribution in [0.4, 0.5) is 0 Å². The standard InChI is InChI=1S/C26H35N3O7/c1-24(2,3)36-22(32)20-14(10-11-17(30)34-8)15(12-18(31)35-9)19(28-20)16(13-27)21-25(4,5)26(6,7)23(33)29-21/h28H,10-12H2,1-9H3,(H,29,33)/b21-16-. The number of nitrogens with zero attached hydrogens (tertiary/aromatic N) is 1. The Kier molecular flexibility index (Phi) is 8.09. The molecule has 1 aliphatic heterocycles. The van der Waals surface area contributed by atoms with Crippen molar-refractivity contribution in [2.75, 3.05) is 14.2 Å². The zero-order valence-electron chi connectivity index (χ0n) is 22.4. The zero-order valence-corrected chi connectivity index (χ0v) is 22.4. The van der Waals surface area contributed by atoms with Gasteiger partial charge in [-0.2, -0.15) is 5.26 Å². The highest BCUT2D eigenvalue weighted by atomic mass is 16.6. The molecule has 0 saturated carbocycles. The number of ether oxygens (including phenoxy) is 3. The van der Waals surface area contributed by atoms with Crippen molar-refractivity contribution in [3.05, 3.63) is 28.2 Å². The minimum Gasteiger partial charge on any atom is -0.469 e. The van der Waals surface area contributed by atoms with Gasteiger partial charge >= 0.3 is 17.9 Å². The number of carbonyl (C=O) groups excluding carboxylic acids is 4. The van der Waals surface area contributed by atoms with Crippen LogP contribution in [0.15, 0.2) is 5.70 Å². The highest BCUT2D eigenvalue weighted by Gasteiger charge is 2.53. The first kappa shape index (κ1) is 28.6. The summed E-state index contributed by atoms with van der Waals surface area (Å²) in [6.45, 7) is 12.4. The van der Waals surface area contributed by atoms with E-state index in [1.165, 1.54) is 14.2 Å². The molecule has 0 spiro atoms. The molecule has 2 rings (SSSR count). The van der Waals surface area contributed by atoms with Gasteiger partial charge in [0.05, 0.1) is 37.3 Å². The van der Waals surface area contributed by atoms with E-state index in [9.17, 15) is 24.4 Å². The normalized spacial score (nSPS) is 17.6. The molecule has 1 aliphatic rings. The summed E-state index contributed by atoms with van der Waals surface area (Å²) < 4.78 is 15.2. The number of hydrogen-bond donors (Lipinski definition) is 2. The Hall–Kier alpha value is -3.61. The second-order valence-electron chi connectivity index (χ2n) is 10.7. The van der Waals surface area contributed by atoms with Crippen LogP contribution in [-0.4, -0.2) is 48.6 Å². The molecule has 0 aromatic carbocycles. The van der Waals surface area contributed by atoms with Crippen molar-refractivity contribution < 1.29 is 33.4 Å². The van der Waals surface area contributed by atoms with Gasteiger partial charge in [-0.3, -0.25) is 14.4 Å². The molecule has 0 bridgehead atoms. The van der Waals surface area contributed by atoms with E-state index in [2.05, 4.69) is 16.4 Å². The third-order valence-corrected chi connectivity index (χ3v) is 6.78. The van der Waals surface area contributed by atoms with Crippen LogP contribution in [0, 0.1) is 22.2 Å². The Morgan fingerprint density at radius 1 is 0.944 bits per heavy atom. The number of carbonyl (C=O) groups is 4. The van der Waals surface area contributed by atoms with Crippen LogP contribution in [-0.2, 0) is 41.4 Å². The zero-order chi connectivity index (χ0) is 27.6. The summed E-state index contributed by atoms with van der Waals surface area (Å²) in [6, 6.07) is 2.15. The van der Waals surface area contributed by atoms with Crippen molar-refractivity contribution in [3.63, 3.8) is 0 Å². The first-order chi connectivity index (χ1) is 16.5. The average Bonchev–Trinajstić information content (AvgIpc) is 3.20. The SMILES string of the molecule is COC(=O)CCc1c(C(=O)OC(C)(C)C)[nH]c(/C(C#N)=C2\NC(=O)C(C)(C)C2(C)C)c1CC(=O)OC. The maximum atomic E-state index is 13.2. The van der Waals surface area contributed by atoms with E-state index in [1.54, 1.807) is 34.6 Å². The van der Waals surface area contributed by atoms with Gasteiger partial charge in [-0.05, 0) is 38.3 Å². The van der Waals surface area contributed by atoms with Gasteiger partial charge < -0.3 is 24.5 Å². The van der Waals surface area contributed by atoms with Gasteiger partial charge in [-0.1, -0.05) is 27.7 Å². The molecule has 1 aromatic rings. The van der Waals surface area contributed by atoms with Crippen LogP contribution in [0.2, 0.25) is 0 Å². The van der Waals surface area contributed by atoms with E-state index in [1.807, 2.05) is 13.8 Å². The van der Waals surface area contributed by atoms with Gasteiger partial charge in [0.25, 0.3) is 0 Å². The molecule has 36 heavy (non-hydrogen) atoms. The molecule has 10 nitrogen and oxygen atoms in total. The van der Waals surface area contributed by atoms with E-state index in [4.69, 9.17) is 14.2 Å². The van der Waals surface area contributed by atoms with Crippen molar-refractivity contribution in [1.82, 2.24) is 10.3 Å². The maximum absolute atomic E-state index is 13.2. The molecule has 0 aliphatic carbocycles. The molecule has 0 radical (unpaired) electrons. The fraction of sp³-hybridized carbons (Fsp3) is 0.577. The molecule has 1 aromatic heterocycles. The van der Waals surface area contributed by atoms with Gasteiger partial charge in [-0.25, -0.2) is 4.79 Å². The first-order valence-electron chi connectivity index (χ1n) is 11.6. The number of amides is 1. The Labute approximate surface area is 211 Å². The summed E-state index contributed by atoms with van der Waals surface area (Å²) >= 11 is 0. The molecule has 1 amide bonds. The lowest BCUT2D eigenvalue weighted by molar-refractivity contribution is -0.141. The van der Waals surface area contributed by atoms with Crippen LogP contribution >= 0.6 is 0 Å². The number of aromatic amines is 1. The molecule has 0 unspecified atom stereocenters. The molecular formula is C26H35N3O7. The number of nitrogens with one attached hydrogen (secondary N) is 2. The topological polar surface area (TPSA) is 148 Å². The molecule has 196 valence electrons. The van der Waals surface area contributed by atoms with Crippen molar-refractivity contribution in [3.8, 4) is 6.07 Å². The molecule has 2 heterocycles. The van der Waals surface area contributed by atoms with Crippen LogP contribution in [0.5, 0.6) is 0 Å². The van der Waals surface area contributed by atoms with Gasteiger partial charge in [0.15, 0.2) is 0 Å². The largest absolute Gasteiger partial charge is 0.469 e. The van der Waals surface area contributed by atoms with E-state index in [0.717, 1.165) is 0 Å². The highest BCUT2D eigenvalue weighted by molar-refractivity contribution is 5.97. The number of rotatable bonds is 7. The minimum atomic E-state index is -0.832. The van der Waals surface area contributed by atoms with Gasteiger partial charge in [0.1, 0.15) is 17.4 Å². The Balaban J connectivity index is 2.88. The summed E-state index contributed by atoms with van der Waals surface area (Å²) in [4.78, 5) is 53.3. The lowest BCUT2D eigenvalue weighted by atomic mass is 9.68. The van der Waals surface area contributed by atoms with Crippen LogP contribution < -0.4 is 5.32 Å². The minimum absolute atomic E-state index is 0.0115. The number of H-pyrrole nitrogens is 1. The van der Waals surface area contributed by atoms with Crippen molar-refractivity contribution in [2.24, 2.45) is 10.8 Å². The first-order valence-corrected chi connectivity index (χ1v) is 11.6. The van der Waals surface area contributed by atoms with E-state index < -0.39 is 34.3 Å². The fourth-order valence-corrected chi connectivity index (χ4v) is 3.95. The maximum Gasteiger partial charge on any atom is 0.355 e. The van der Waals surface area contributed by atoms with Gasteiger partial charge in [-0.15, -0.1) is 0 Å². The summed E-state index contributed by atoms with van der Waals surface area (Å²) in [6.07, 6.45) is -0.317. The van der Waals surface area contributed by atoms with E-state index >= 15 is 0 Å². The fourth-order valence-electron chi connectivity index (χ4n) is 3.95. The Morgan fingerprint density at radius 2 is 1.53 bits per heavy atom. The molecular weight excluding hydrogens is 466 g/mol. The number of methoxy groups -OCH3 is 2. The number of allylic oxidation sites excluding steroid dienone is 2. The van der Waals surface area contributed by atoms with Crippen molar-refractivity contribution in [2.45, 2.75) is 73.3 Å². The lowest BCUT2D eigenvalue weighted by Crippen LogP contribution is -2.33. The second-order valence-corrected chi connectivity index (χ2v) is 10.7. The van der Waals surface area contributed by atoms with Crippen LogP contribution in [0.1, 0.15) is 82.2 Å². The van der Waals surface area contributed by atoms with E-state index in [-0.39, 0.29) is 42.1 Å². The second kappa shape index (κ2) is 10.2. The molecule has 1 fully saturated rings. The molecule has 1 saturated heterocycles. The van der Waals surface area contributed by atoms with E-state index in [0.29, 0.717) is 16.8 Å². The number of esters is 3. The summed E-state index contributed by atoms with van der Waals surface area (Å²) in [7, 11) is 2.48. The Bertz CT molecular complexity index is 1160. The predicted octanol–water partition coefficient (Wildman–Crippen LogP) is 3.21. The number of hydrogen-bond acceptors (Lipinski definition) is 8. The third kappa shape index (κ3) is 5.45. The molecule has 2 N–H and O–H groups in total. The van der Waals surface area contributed by atoms with Gasteiger partial charge in [0, 0.05) is 17.5 Å². The highest BCUT2D eigenvalue weighted by Crippen LogP contribution is 2.50. The third-order valence-electron chi connectivity index (χ3n) is 6.78. The molecule has 0 atom stereocenters. The summed E-state index contributed by atoms with van der Waals surface area (Å²) in [5.41, 5.74) is -1.15. The van der Waals surface area contributed by atoms with Crippen molar-refractivity contribution >= 4 is 29.4 Å². The number of aromatic nitrogens is 1. The van der Waals surface area contributed by atoms with Crippen molar-refractivity contribution in [1.29, 1.82) is 5.26 Å². The summed E-state index contributed by atoms with van der Waals surface area (Å²) in [5, 5.41) is 13.1. The number of nitriles is 1. The average molecular weight is 502 g/mol. The monoisotopic (exact) mass is 501 g/mol. The quantitative estimate of drug-likeness (QED) is 0.329. The lowest BCUT2D eigenvalue weighted by Gasteiger charge is -2.32. The smallest absolute Gasteiger partial charge is 0.355 e. The predicted molar refractivity (Wildman–Crippen MR) is 130 cm³/mol. The van der Waals surface area contributed by atoms with Crippen LogP contribution in [0.25, 0.3) is 5.57 Å².